The lowest BCUT2D eigenvalue weighted by Gasteiger charge is -2.15. The monoisotopic (exact) mass is 240 g/mol. The van der Waals surface area contributed by atoms with Crippen LogP contribution < -0.4 is 5.32 Å². The molecule has 2 nitrogen and oxygen atoms in total. The second-order valence-electron chi connectivity index (χ2n) is 3.57. The van der Waals surface area contributed by atoms with Crippen LogP contribution in [0, 0.1) is 17.1 Å². The average Bonchev–Trinajstić information content (AvgIpc) is 2.24. The number of benzene rings is 1. The van der Waals surface area contributed by atoms with E-state index < -0.39 is 0 Å². The molecular formula is C12H14ClFN2. The van der Waals surface area contributed by atoms with Gasteiger partial charge in [0.1, 0.15) is 5.82 Å². The highest BCUT2D eigenvalue weighted by molar-refractivity contribution is 6.31. The van der Waals surface area contributed by atoms with Gasteiger partial charge in [0, 0.05) is 23.0 Å². The number of unbranched alkanes of at least 4 members (excludes halogenated alkanes) is 1. The molecular weight excluding hydrogens is 227 g/mol. The number of nitriles is 1. The quantitative estimate of drug-likeness (QED) is 0.801. The van der Waals surface area contributed by atoms with Crippen LogP contribution in [0.15, 0.2) is 18.2 Å². The van der Waals surface area contributed by atoms with Gasteiger partial charge in [0.05, 0.1) is 6.07 Å². The zero-order valence-corrected chi connectivity index (χ0v) is 9.89. The highest BCUT2D eigenvalue weighted by Crippen LogP contribution is 2.25. The van der Waals surface area contributed by atoms with Gasteiger partial charge in [0.25, 0.3) is 0 Å². The van der Waals surface area contributed by atoms with E-state index in [0.717, 1.165) is 6.42 Å². The van der Waals surface area contributed by atoms with Crippen LogP contribution in [0.1, 0.15) is 31.4 Å². The molecule has 0 fully saturated rings. The Kier molecular flexibility index (Phi) is 5.24. The van der Waals surface area contributed by atoms with Crippen molar-refractivity contribution in [2.24, 2.45) is 0 Å². The van der Waals surface area contributed by atoms with E-state index in [1.54, 1.807) is 12.1 Å². The van der Waals surface area contributed by atoms with E-state index in [4.69, 9.17) is 16.9 Å². The number of nitrogens with one attached hydrogen (secondary N) is 1. The molecule has 16 heavy (non-hydrogen) atoms. The molecule has 86 valence electrons. The van der Waals surface area contributed by atoms with Crippen LogP contribution in [0.4, 0.5) is 4.39 Å². The molecule has 1 aromatic carbocycles. The van der Waals surface area contributed by atoms with Gasteiger partial charge in [0.2, 0.25) is 0 Å². The second-order valence-corrected chi connectivity index (χ2v) is 3.98. The molecule has 4 heteroatoms. The molecule has 1 aromatic rings. The largest absolute Gasteiger partial charge is 0.310 e. The van der Waals surface area contributed by atoms with Crippen LogP contribution in [0.5, 0.6) is 0 Å². The van der Waals surface area contributed by atoms with Crippen molar-refractivity contribution in [2.75, 3.05) is 6.54 Å². The van der Waals surface area contributed by atoms with Crippen molar-refractivity contribution in [1.29, 1.82) is 5.26 Å². The van der Waals surface area contributed by atoms with Gasteiger partial charge in [-0.05, 0) is 32.0 Å². The van der Waals surface area contributed by atoms with Gasteiger partial charge < -0.3 is 5.32 Å². The maximum Gasteiger partial charge on any atom is 0.129 e. The molecule has 1 unspecified atom stereocenters. The Hall–Kier alpha value is -1.11. The molecule has 0 aliphatic heterocycles. The predicted molar refractivity (Wildman–Crippen MR) is 62.7 cm³/mol. The molecule has 0 aliphatic rings. The van der Waals surface area contributed by atoms with Gasteiger partial charge in [-0.15, -0.1) is 0 Å². The van der Waals surface area contributed by atoms with Crippen LogP contribution in [0.2, 0.25) is 5.02 Å². The molecule has 0 aromatic heterocycles. The number of hydrogen-bond acceptors (Lipinski definition) is 2. The number of halogens is 2. The summed E-state index contributed by atoms with van der Waals surface area (Å²) in [5.74, 6) is -0.298. The van der Waals surface area contributed by atoms with Crippen molar-refractivity contribution in [2.45, 2.75) is 25.8 Å². The van der Waals surface area contributed by atoms with Gasteiger partial charge in [-0.25, -0.2) is 4.39 Å². The summed E-state index contributed by atoms with van der Waals surface area (Å²) >= 11 is 5.93. The van der Waals surface area contributed by atoms with E-state index in [9.17, 15) is 4.39 Å². The molecule has 1 atom stereocenters. The topological polar surface area (TPSA) is 35.8 Å². The van der Waals surface area contributed by atoms with Gasteiger partial charge in [0.15, 0.2) is 0 Å². The van der Waals surface area contributed by atoms with Gasteiger partial charge in [-0.2, -0.15) is 5.26 Å². The summed E-state index contributed by atoms with van der Waals surface area (Å²) in [6.45, 7) is 2.54. The third-order valence-electron chi connectivity index (χ3n) is 2.35. The van der Waals surface area contributed by atoms with Crippen LogP contribution in [0.25, 0.3) is 0 Å². The molecule has 0 amide bonds. The maximum atomic E-state index is 13.5. The van der Waals surface area contributed by atoms with E-state index in [-0.39, 0.29) is 11.9 Å². The third-order valence-corrected chi connectivity index (χ3v) is 2.68. The average molecular weight is 241 g/mol. The summed E-state index contributed by atoms with van der Waals surface area (Å²) in [5.41, 5.74) is 0.487. The van der Waals surface area contributed by atoms with E-state index in [1.807, 2.05) is 6.92 Å². The molecule has 0 aliphatic carbocycles. The number of nitrogens with zero attached hydrogens (tertiary/aromatic N) is 1. The van der Waals surface area contributed by atoms with E-state index >= 15 is 0 Å². The first-order chi connectivity index (χ1) is 7.66. The van der Waals surface area contributed by atoms with Gasteiger partial charge >= 0.3 is 0 Å². The highest BCUT2D eigenvalue weighted by Gasteiger charge is 2.13. The Balaban J connectivity index is 2.59. The Morgan fingerprint density at radius 1 is 1.56 bits per heavy atom. The molecule has 0 bridgehead atoms. The third kappa shape index (κ3) is 3.48. The standard InChI is InChI=1S/C12H14ClFN2/c1-9(16-8-3-2-7-15)12-10(13)5-4-6-11(12)14/h4-6,9,16H,2-3,8H2,1H3. The van der Waals surface area contributed by atoms with Gasteiger partial charge in [-0.1, -0.05) is 17.7 Å². The fourth-order valence-electron chi connectivity index (χ4n) is 1.51. The second kappa shape index (κ2) is 6.47. The van der Waals surface area contributed by atoms with Crippen molar-refractivity contribution in [3.63, 3.8) is 0 Å². The molecule has 0 spiro atoms. The van der Waals surface area contributed by atoms with Crippen molar-refractivity contribution in [3.05, 3.63) is 34.6 Å². The van der Waals surface area contributed by atoms with Crippen molar-refractivity contribution >= 4 is 11.6 Å². The smallest absolute Gasteiger partial charge is 0.129 e. The molecule has 0 radical (unpaired) electrons. The summed E-state index contributed by atoms with van der Waals surface area (Å²) in [6, 6.07) is 6.58. The zero-order valence-electron chi connectivity index (χ0n) is 9.13. The fourth-order valence-corrected chi connectivity index (χ4v) is 1.84. The predicted octanol–water partition coefficient (Wildman–Crippen LogP) is 3.43. The molecule has 1 rings (SSSR count). The highest BCUT2D eigenvalue weighted by atomic mass is 35.5. The van der Waals surface area contributed by atoms with E-state index in [2.05, 4.69) is 11.4 Å². The van der Waals surface area contributed by atoms with Crippen molar-refractivity contribution in [3.8, 4) is 6.07 Å². The molecule has 0 saturated carbocycles. The normalized spacial score (nSPS) is 12.1. The summed E-state index contributed by atoms with van der Waals surface area (Å²) < 4.78 is 13.5. The lowest BCUT2D eigenvalue weighted by molar-refractivity contribution is 0.523. The zero-order chi connectivity index (χ0) is 12.0. The maximum absolute atomic E-state index is 13.5. The van der Waals surface area contributed by atoms with Crippen LogP contribution in [-0.2, 0) is 0 Å². The Labute approximate surface area is 100 Å². The van der Waals surface area contributed by atoms with E-state index in [0.29, 0.717) is 23.6 Å². The number of rotatable bonds is 5. The Morgan fingerprint density at radius 3 is 2.94 bits per heavy atom. The minimum Gasteiger partial charge on any atom is -0.310 e. The van der Waals surface area contributed by atoms with Gasteiger partial charge in [-0.3, -0.25) is 0 Å². The van der Waals surface area contributed by atoms with Crippen LogP contribution in [-0.4, -0.2) is 6.54 Å². The first-order valence-corrected chi connectivity index (χ1v) is 5.59. The summed E-state index contributed by atoms with van der Waals surface area (Å²) in [5, 5.41) is 11.9. The fraction of sp³-hybridized carbons (Fsp3) is 0.417. The van der Waals surface area contributed by atoms with Crippen molar-refractivity contribution in [1.82, 2.24) is 5.32 Å². The lowest BCUT2D eigenvalue weighted by Crippen LogP contribution is -2.21. The van der Waals surface area contributed by atoms with Crippen LogP contribution >= 0.6 is 11.6 Å². The molecule has 1 N–H and O–H groups in total. The summed E-state index contributed by atoms with van der Waals surface area (Å²) in [7, 11) is 0. The summed E-state index contributed by atoms with van der Waals surface area (Å²) in [4.78, 5) is 0. The Bertz CT molecular complexity index is 367. The molecule has 0 saturated heterocycles. The first-order valence-electron chi connectivity index (χ1n) is 5.21. The van der Waals surface area contributed by atoms with Crippen molar-refractivity contribution < 1.29 is 4.39 Å². The SMILES string of the molecule is CC(NCCCC#N)c1c(F)cccc1Cl. The number of hydrogen-bond donors (Lipinski definition) is 1. The minimum absolute atomic E-state index is 0.146. The Morgan fingerprint density at radius 2 is 2.31 bits per heavy atom. The molecule has 0 heterocycles. The lowest BCUT2D eigenvalue weighted by atomic mass is 10.1. The minimum atomic E-state index is -0.298. The summed E-state index contributed by atoms with van der Waals surface area (Å²) in [6.07, 6.45) is 1.26. The van der Waals surface area contributed by atoms with E-state index in [1.165, 1.54) is 6.07 Å². The van der Waals surface area contributed by atoms with Crippen LogP contribution in [0.3, 0.4) is 0 Å². The first kappa shape index (κ1) is 13.0.